The number of nitrogens with one attached hydrogen (secondary N) is 1. The average Bonchev–Trinajstić information content (AvgIpc) is 2.63. The van der Waals surface area contributed by atoms with Crippen LogP contribution in [0, 0.1) is 5.92 Å². The van der Waals surface area contributed by atoms with Crippen LogP contribution in [-0.2, 0) is 19.4 Å². The highest BCUT2D eigenvalue weighted by Gasteiger charge is 2.31. The van der Waals surface area contributed by atoms with Crippen LogP contribution in [0.1, 0.15) is 29.7 Å². The molecule has 3 heterocycles. The molecular weight excluding hydrogens is 320 g/mol. The minimum absolute atomic E-state index is 0.0284. The van der Waals surface area contributed by atoms with Crippen LogP contribution >= 0.6 is 0 Å². The van der Waals surface area contributed by atoms with Crippen molar-refractivity contribution >= 4 is 10.8 Å². The first-order valence-corrected chi connectivity index (χ1v) is 9.68. The summed E-state index contributed by atoms with van der Waals surface area (Å²) in [6.45, 7) is 1.97. The molecule has 1 aromatic heterocycles. The summed E-state index contributed by atoms with van der Waals surface area (Å²) in [5.74, 6) is 0.722. The Morgan fingerprint density at radius 2 is 1.73 bits per heavy atom. The molecule has 132 valence electrons. The maximum Gasteiger partial charge on any atom is 0.256 e. The van der Waals surface area contributed by atoms with E-state index in [4.69, 9.17) is 0 Å². The van der Waals surface area contributed by atoms with Gasteiger partial charge in [0.1, 0.15) is 0 Å². The predicted octanol–water partition coefficient (Wildman–Crippen LogP) is 3.91. The Morgan fingerprint density at radius 3 is 2.62 bits per heavy atom. The van der Waals surface area contributed by atoms with E-state index in [1.54, 1.807) is 5.56 Å². The van der Waals surface area contributed by atoms with Gasteiger partial charge in [-0.3, -0.25) is 9.69 Å². The Morgan fingerprint density at radius 1 is 0.962 bits per heavy atom. The summed E-state index contributed by atoms with van der Waals surface area (Å²) >= 11 is 0. The molecule has 0 spiro atoms. The molecule has 2 bridgehead atoms. The number of hydrogen-bond acceptors (Lipinski definition) is 2. The monoisotopic (exact) mass is 344 g/mol. The maximum absolute atomic E-state index is 12.4. The number of rotatable bonds is 2. The summed E-state index contributed by atoms with van der Waals surface area (Å²) in [5.41, 5.74) is 4.12. The van der Waals surface area contributed by atoms with Crippen molar-refractivity contribution in [3.05, 3.63) is 81.8 Å². The van der Waals surface area contributed by atoms with Gasteiger partial charge in [-0.1, -0.05) is 42.5 Å². The van der Waals surface area contributed by atoms with Crippen molar-refractivity contribution in [1.82, 2.24) is 9.88 Å². The lowest BCUT2D eigenvalue weighted by atomic mass is 9.80. The second-order valence-corrected chi connectivity index (χ2v) is 7.91. The lowest BCUT2D eigenvalue weighted by molar-refractivity contribution is 0.0925. The number of benzene rings is 2. The fourth-order valence-electron chi connectivity index (χ4n) is 4.87. The average molecular weight is 344 g/mol. The van der Waals surface area contributed by atoms with E-state index in [-0.39, 0.29) is 5.56 Å². The largest absolute Gasteiger partial charge is 0.324 e. The third-order valence-electron chi connectivity index (χ3n) is 6.18. The van der Waals surface area contributed by atoms with Crippen LogP contribution in [0.4, 0.5) is 0 Å². The second kappa shape index (κ2) is 6.40. The van der Waals surface area contributed by atoms with Gasteiger partial charge < -0.3 is 4.98 Å². The fourth-order valence-corrected chi connectivity index (χ4v) is 4.87. The van der Waals surface area contributed by atoms with Crippen LogP contribution in [0.25, 0.3) is 10.8 Å². The first kappa shape index (κ1) is 15.8. The topological polar surface area (TPSA) is 36.1 Å². The molecule has 0 radical (unpaired) electrons. The molecule has 26 heavy (non-hydrogen) atoms. The van der Waals surface area contributed by atoms with Crippen molar-refractivity contribution in [1.29, 1.82) is 0 Å². The van der Waals surface area contributed by atoms with Gasteiger partial charge in [-0.2, -0.15) is 0 Å². The van der Waals surface area contributed by atoms with Crippen molar-refractivity contribution in [3.63, 3.8) is 0 Å². The summed E-state index contributed by atoms with van der Waals surface area (Å²) in [5, 5.41) is 1.81. The summed E-state index contributed by atoms with van der Waals surface area (Å²) in [4.78, 5) is 18.1. The fraction of sp³-hybridized carbons (Fsp3) is 0.348. The van der Waals surface area contributed by atoms with Crippen molar-refractivity contribution in [2.75, 3.05) is 6.54 Å². The molecule has 0 saturated carbocycles. The SMILES string of the molecule is O=c1[nH]c(CN2C[C@@H]3CC[C@H]2Cc2ccccc2C3)cc2ccccc12. The van der Waals surface area contributed by atoms with Gasteiger partial charge in [0.2, 0.25) is 0 Å². The van der Waals surface area contributed by atoms with Crippen molar-refractivity contribution in [2.24, 2.45) is 5.92 Å². The number of aromatic amines is 1. The molecule has 0 unspecified atom stereocenters. The van der Waals surface area contributed by atoms with E-state index >= 15 is 0 Å². The van der Waals surface area contributed by atoms with Crippen LogP contribution < -0.4 is 5.56 Å². The maximum atomic E-state index is 12.4. The Kier molecular flexibility index (Phi) is 3.90. The minimum atomic E-state index is 0.0284. The van der Waals surface area contributed by atoms with Gasteiger partial charge in [-0.05, 0) is 60.2 Å². The van der Waals surface area contributed by atoms with E-state index in [1.807, 2.05) is 24.3 Å². The first-order valence-electron chi connectivity index (χ1n) is 9.68. The van der Waals surface area contributed by atoms with Gasteiger partial charge in [0.05, 0.1) is 0 Å². The van der Waals surface area contributed by atoms with E-state index in [2.05, 4.69) is 40.2 Å². The third-order valence-corrected chi connectivity index (χ3v) is 6.18. The number of H-pyrrole nitrogens is 1. The predicted molar refractivity (Wildman–Crippen MR) is 105 cm³/mol. The zero-order chi connectivity index (χ0) is 17.5. The molecule has 1 N–H and O–H groups in total. The first-order chi connectivity index (χ1) is 12.8. The Balaban J connectivity index is 1.45. The van der Waals surface area contributed by atoms with E-state index in [0.29, 0.717) is 6.04 Å². The quantitative estimate of drug-likeness (QED) is 0.765. The number of aromatic nitrogens is 1. The van der Waals surface area contributed by atoms with Crippen LogP contribution in [-0.4, -0.2) is 22.5 Å². The smallest absolute Gasteiger partial charge is 0.256 e. The Hall–Kier alpha value is -2.39. The van der Waals surface area contributed by atoms with E-state index in [9.17, 15) is 4.79 Å². The molecule has 3 aromatic rings. The lowest BCUT2D eigenvalue weighted by Gasteiger charge is -2.42. The molecule has 2 aliphatic heterocycles. The minimum Gasteiger partial charge on any atom is -0.324 e. The summed E-state index contributed by atoms with van der Waals surface area (Å²) in [7, 11) is 0. The molecule has 3 aliphatic rings. The van der Waals surface area contributed by atoms with Crippen molar-refractivity contribution in [2.45, 2.75) is 38.3 Å². The second-order valence-electron chi connectivity index (χ2n) is 7.91. The standard InChI is InChI=1S/C23H24N2O/c26-23-22-8-4-3-7-19(22)12-20(24-23)15-25-14-16-9-10-21(25)13-18-6-2-1-5-17(18)11-16/h1-8,12,16,21H,9-11,13-15H2,(H,24,26)/t16-,21+/m1/s1. The van der Waals surface area contributed by atoms with Crippen LogP contribution in [0.15, 0.2) is 59.4 Å². The van der Waals surface area contributed by atoms with Crippen LogP contribution in [0.2, 0.25) is 0 Å². The normalized spacial score (nSPS) is 22.8. The summed E-state index contributed by atoms with van der Waals surface area (Å²) in [6.07, 6.45) is 4.90. The van der Waals surface area contributed by atoms with Crippen molar-refractivity contribution in [3.8, 4) is 0 Å². The highest BCUT2D eigenvalue weighted by atomic mass is 16.1. The summed E-state index contributed by atoms with van der Waals surface area (Å²) < 4.78 is 0. The van der Waals surface area contributed by atoms with Crippen LogP contribution in [0.5, 0.6) is 0 Å². The highest BCUT2D eigenvalue weighted by Crippen LogP contribution is 2.32. The molecule has 6 rings (SSSR count). The molecule has 3 heteroatoms. The molecule has 1 saturated heterocycles. The third kappa shape index (κ3) is 2.86. The van der Waals surface area contributed by atoms with Gasteiger partial charge in [0.15, 0.2) is 0 Å². The zero-order valence-electron chi connectivity index (χ0n) is 14.9. The lowest BCUT2D eigenvalue weighted by Crippen LogP contribution is -2.46. The molecule has 1 aliphatic carbocycles. The molecule has 2 aromatic carbocycles. The van der Waals surface area contributed by atoms with Gasteiger partial charge >= 0.3 is 0 Å². The number of hydrogen-bond donors (Lipinski definition) is 1. The van der Waals surface area contributed by atoms with Gasteiger partial charge in [0, 0.05) is 30.2 Å². The summed E-state index contributed by atoms with van der Waals surface area (Å²) in [6, 6.07) is 19.5. The van der Waals surface area contributed by atoms with Crippen LogP contribution in [0.3, 0.4) is 0 Å². The Labute approximate surface area is 153 Å². The number of pyridine rings is 1. The van der Waals surface area contributed by atoms with Crippen molar-refractivity contribution < 1.29 is 0 Å². The van der Waals surface area contributed by atoms with E-state index in [0.717, 1.165) is 41.9 Å². The van der Waals surface area contributed by atoms with Gasteiger partial charge in [-0.15, -0.1) is 0 Å². The van der Waals surface area contributed by atoms with E-state index in [1.165, 1.54) is 24.8 Å². The van der Waals surface area contributed by atoms with Gasteiger partial charge in [0.25, 0.3) is 5.56 Å². The molecule has 1 fully saturated rings. The highest BCUT2D eigenvalue weighted by molar-refractivity contribution is 5.81. The molecule has 3 nitrogen and oxygen atoms in total. The molecule has 0 amide bonds. The Bertz CT molecular complexity index is 1010. The zero-order valence-corrected chi connectivity index (χ0v) is 14.9. The molecule has 2 atom stereocenters. The molecular formula is C23H24N2O. The number of piperidine rings is 1. The number of fused-ring (bicyclic) bond motifs is 3. The van der Waals surface area contributed by atoms with Gasteiger partial charge in [-0.25, -0.2) is 0 Å². The number of nitrogens with zero attached hydrogens (tertiary/aromatic N) is 1. The van der Waals surface area contributed by atoms with E-state index < -0.39 is 0 Å².